The smallest absolute Gasteiger partial charge is 0.337 e. The van der Waals surface area contributed by atoms with Crippen molar-refractivity contribution in [1.29, 1.82) is 0 Å². The summed E-state index contributed by atoms with van der Waals surface area (Å²) < 4.78 is 0. The van der Waals surface area contributed by atoms with Gasteiger partial charge in [0, 0.05) is 12.3 Å². The Morgan fingerprint density at radius 1 is 1.58 bits per heavy atom. The predicted molar refractivity (Wildman–Crippen MR) is 67.2 cm³/mol. The van der Waals surface area contributed by atoms with Crippen LogP contribution in [0.2, 0.25) is 0 Å². The van der Waals surface area contributed by atoms with Gasteiger partial charge in [-0.1, -0.05) is 13.8 Å². The van der Waals surface area contributed by atoms with Crippen LogP contribution in [0.1, 0.15) is 24.2 Å². The van der Waals surface area contributed by atoms with Gasteiger partial charge in [-0.25, -0.2) is 9.78 Å². The Balaban J connectivity index is 3.13. The third kappa shape index (κ3) is 3.62. The summed E-state index contributed by atoms with van der Waals surface area (Å²) in [5.74, 6) is -1.31. The number of carboxylic acid groups (broad SMARTS) is 1. The Hall–Kier alpha value is -2.22. The zero-order valence-electron chi connectivity index (χ0n) is 10.5. The first-order chi connectivity index (χ1) is 8.86. The molecule has 8 heteroatoms. The van der Waals surface area contributed by atoms with Gasteiger partial charge in [-0.15, -0.1) is 0 Å². The third-order valence-corrected chi connectivity index (χ3v) is 2.63. The number of hydrogen-bond acceptors (Lipinski definition) is 6. The van der Waals surface area contributed by atoms with Gasteiger partial charge in [-0.05, 0) is 5.92 Å². The lowest BCUT2D eigenvalue weighted by molar-refractivity contribution is -0.384. The van der Waals surface area contributed by atoms with Gasteiger partial charge in [0.2, 0.25) is 5.82 Å². The molecule has 1 aromatic rings. The van der Waals surface area contributed by atoms with Crippen LogP contribution < -0.4 is 5.32 Å². The van der Waals surface area contributed by atoms with Crippen LogP contribution in [0.5, 0.6) is 0 Å². The number of carbonyl (C=O) groups is 1. The minimum Gasteiger partial charge on any atom is -0.478 e. The number of aliphatic hydroxyl groups is 1. The zero-order valence-corrected chi connectivity index (χ0v) is 10.5. The number of hydrogen-bond donors (Lipinski definition) is 3. The molecule has 0 bridgehead atoms. The first-order valence-electron chi connectivity index (χ1n) is 5.62. The van der Waals surface area contributed by atoms with Crippen LogP contribution in [0.4, 0.5) is 11.5 Å². The molecule has 0 radical (unpaired) electrons. The van der Waals surface area contributed by atoms with Crippen molar-refractivity contribution in [2.24, 2.45) is 5.92 Å². The van der Waals surface area contributed by atoms with E-state index in [1.807, 2.05) is 13.8 Å². The molecule has 104 valence electrons. The number of aromatic nitrogens is 1. The highest BCUT2D eigenvalue weighted by molar-refractivity contribution is 5.88. The molecule has 0 saturated carbocycles. The van der Waals surface area contributed by atoms with Crippen molar-refractivity contribution in [3.05, 3.63) is 27.9 Å². The second kappa shape index (κ2) is 6.10. The molecular weight excluding hydrogens is 254 g/mol. The summed E-state index contributed by atoms with van der Waals surface area (Å²) in [7, 11) is 0. The minimum atomic E-state index is -1.29. The Morgan fingerprint density at radius 2 is 2.21 bits per heavy atom. The molecule has 1 rings (SSSR count). The van der Waals surface area contributed by atoms with E-state index in [0.29, 0.717) is 0 Å². The Labute approximate surface area is 109 Å². The molecule has 0 aliphatic rings. The fraction of sp³-hybridized carbons (Fsp3) is 0.455. The first-order valence-corrected chi connectivity index (χ1v) is 5.62. The molecule has 0 aromatic carbocycles. The van der Waals surface area contributed by atoms with Crippen molar-refractivity contribution in [3.63, 3.8) is 0 Å². The van der Waals surface area contributed by atoms with E-state index in [-0.39, 0.29) is 23.9 Å². The summed E-state index contributed by atoms with van der Waals surface area (Å²) in [6, 6.07) is 0.536. The molecule has 0 amide bonds. The van der Waals surface area contributed by atoms with E-state index in [9.17, 15) is 20.0 Å². The van der Waals surface area contributed by atoms with E-state index in [1.54, 1.807) is 0 Å². The molecule has 0 spiro atoms. The summed E-state index contributed by atoms with van der Waals surface area (Å²) in [6.45, 7) is 3.47. The largest absolute Gasteiger partial charge is 0.478 e. The number of carboxylic acids is 1. The lowest BCUT2D eigenvalue weighted by Crippen LogP contribution is -2.30. The van der Waals surface area contributed by atoms with Crippen molar-refractivity contribution < 1.29 is 19.9 Å². The van der Waals surface area contributed by atoms with E-state index in [4.69, 9.17) is 5.11 Å². The Bertz CT molecular complexity index is 489. The maximum atomic E-state index is 10.9. The van der Waals surface area contributed by atoms with Gasteiger partial charge < -0.3 is 15.5 Å². The molecule has 0 aliphatic heterocycles. The van der Waals surface area contributed by atoms with Crippen molar-refractivity contribution in [2.45, 2.75) is 19.9 Å². The number of rotatable bonds is 6. The summed E-state index contributed by atoms with van der Waals surface area (Å²) in [5, 5.41) is 31.6. The minimum absolute atomic E-state index is 0.0329. The summed E-state index contributed by atoms with van der Waals surface area (Å²) in [5.41, 5.74) is -0.693. The third-order valence-electron chi connectivity index (χ3n) is 2.63. The quantitative estimate of drug-likeness (QED) is 0.521. The first kappa shape index (κ1) is 14.8. The van der Waals surface area contributed by atoms with Gasteiger partial charge in [0.25, 0.3) is 0 Å². The van der Waals surface area contributed by atoms with E-state index in [0.717, 1.165) is 12.3 Å². The topological polar surface area (TPSA) is 126 Å². The highest BCUT2D eigenvalue weighted by atomic mass is 16.6. The van der Waals surface area contributed by atoms with Crippen LogP contribution in [0.25, 0.3) is 0 Å². The average molecular weight is 269 g/mol. The molecule has 1 unspecified atom stereocenters. The molecule has 0 fully saturated rings. The molecule has 3 N–H and O–H groups in total. The van der Waals surface area contributed by atoms with Crippen LogP contribution in [0.3, 0.4) is 0 Å². The van der Waals surface area contributed by atoms with Crippen LogP contribution >= 0.6 is 0 Å². The van der Waals surface area contributed by atoms with Gasteiger partial charge in [0.1, 0.15) is 0 Å². The van der Waals surface area contributed by atoms with Gasteiger partial charge >= 0.3 is 11.7 Å². The summed E-state index contributed by atoms with van der Waals surface area (Å²) >= 11 is 0. The SMILES string of the molecule is CC(C)C(CO)Nc1ncc(C(=O)O)cc1[N+](=O)[O-]. The molecular formula is C11H15N3O5. The number of aromatic carboxylic acids is 1. The van der Waals surface area contributed by atoms with Crippen LogP contribution in [0, 0.1) is 16.0 Å². The van der Waals surface area contributed by atoms with Crippen molar-refractivity contribution in [1.82, 2.24) is 4.98 Å². The van der Waals surface area contributed by atoms with Gasteiger partial charge in [0.15, 0.2) is 0 Å². The van der Waals surface area contributed by atoms with E-state index < -0.39 is 22.6 Å². The normalized spacial score (nSPS) is 12.2. The number of nitrogens with one attached hydrogen (secondary N) is 1. The molecule has 0 aliphatic carbocycles. The fourth-order valence-electron chi connectivity index (χ4n) is 1.42. The standard InChI is InChI=1S/C11H15N3O5/c1-6(2)8(5-15)13-10-9(14(18)19)3-7(4-12-10)11(16)17/h3-4,6,8,15H,5H2,1-2H3,(H,12,13)(H,16,17). The second-order valence-corrected chi connectivity index (χ2v) is 4.33. The van der Waals surface area contributed by atoms with Crippen molar-refractivity contribution >= 4 is 17.5 Å². The maximum absolute atomic E-state index is 10.9. The maximum Gasteiger partial charge on any atom is 0.337 e. The highest BCUT2D eigenvalue weighted by Gasteiger charge is 2.22. The molecule has 0 saturated heterocycles. The molecule has 19 heavy (non-hydrogen) atoms. The summed E-state index contributed by atoms with van der Waals surface area (Å²) in [6.07, 6.45) is 1.03. The van der Waals surface area contributed by atoms with Crippen LogP contribution in [0.15, 0.2) is 12.3 Å². The van der Waals surface area contributed by atoms with Gasteiger partial charge in [0.05, 0.1) is 23.1 Å². The Morgan fingerprint density at radius 3 is 2.63 bits per heavy atom. The van der Waals surface area contributed by atoms with Crippen LogP contribution in [-0.4, -0.2) is 38.7 Å². The predicted octanol–water partition coefficient (Wildman–Crippen LogP) is 1.12. The summed E-state index contributed by atoms with van der Waals surface area (Å²) in [4.78, 5) is 24.7. The number of pyridine rings is 1. The molecule has 8 nitrogen and oxygen atoms in total. The molecule has 1 aromatic heterocycles. The second-order valence-electron chi connectivity index (χ2n) is 4.33. The number of aliphatic hydroxyl groups excluding tert-OH is 1. The molecule has 1 atom stereocenters. The number of nitro groups is 1. The lowest BCUT2D eigenvalue weighted by atomic mass is 10.1. The fourth-order valence-corrected chi connectivity index (χ4v) is 1.42. The van der Waals surface area contributed by atoms with E-state index in [1.165, 1.54) is 0 Å². The molecule has 1 heterocycles. The van der Waals surface area contributed by atoms with Crippen LogP contribution in [-0.2, 0) is 0 Å². The zero-order chi connectivity index (χ0) is 14.6. The average Bonchev–Trinajstić information content (AvgIpc) is 2.35. The monoisotopic (exact) mass is 269 g/mol. The van der Waals surface area contributed by atoms with Crippen molar-refractivity contribution in [3.8, 4) is 0 Å². The Kier molecular flexibility index (Phi) is 4.76. The van der Waals surface area contributed by atoms with Crippen molar-refractivity contribution in [2.75, 3.05) is 11.9 Å². The highest BCUT2D eigenvalue weighted by Crippen LogP contribution is 2.24. The lowest BCUT2D eigenvalue weighted by Gasteiger charge is -2.20. The van der Waals surface area contributed by atoms with E-state index in [2.05, 4.69) is 10.3 Å². The number of nitrogens with zero attached hydrogens (tertiary/aromatic N) is 2. The number of anilines is 1. The van der Waals surface area contributed by atoms with E-state index >= 15 is 0 Å². The van der Waals surface area contributed by atoms with Gasteiger partial charge in [-0.2, -0.15) is 0 Å². The van der Waals surface area contributed by atoms with Gasteiger partial charge in [-0.3, -0.25) is 10.1 Å².